The van der Waals surface area contributed by atoms with E-state index >= 15 is 13.2 Å². The highest BCUT2D eigenvalue weighted by atomic mass is 19.2. The van der Waals surface area contributed by atoms with Crippen LogP contribution in [0.1, 0.15) is 31.7 Å². The number of rotatable bonds is 12. The summed E-state index contributed by atoms with van der Waals surface area (Å²) in [7, 11) is 0. The summed E-state index contributed by atoms with van der Waals surface area (Å²) in [6, 6.07) is 7.64. The summed E-state index contributed by atoms with van der Waals surface area (Å²) >= 11 is 0. The minimum Gasteiger partial charge on any atom is -0.403 e. The quantitative estimate of drug-likeness (QED) is 0.141. The molecule has 0 radical (unpaired) electrons. The average Bonchev–Trinajstić information content (AvgIpc) is 3.27. The maximum absolute atomic E-state index is 15.2. The Bertz CT molecular complexity index is 1170. The molecular formula is C28H35F3N6. The Morgan fingerprint density at radius 3 is 2.57 bits per heavy atom. The first-order chi connectivity index (χ1) is 17.8. The van der Waals surface area contributed by atoms with Crippen molar-refractivity contribution in [3.8, 4) is 11.1 Å². The van der Waals surface area contributed by atoms with Gasteiger partial charge in [0, 0.05) is 49.9 Å². The van der Waals surface area contributed by atoms with E-state index in [0.717, 1.165) is 30.2 Å². The minimum absolute atomic E-state index is 0.129. The van der Waals surface area contributed by atoms with E-state index < -0.39 is 23.0 Å². The number of allylic oxidation sites excluding steroid dienone is 2. The van der Waals surface area contributed by atoms with Crippen molar-refractivity contribution >= 4 is 11.4 Å². The summed E-state index contributed by atoms with van der Waals surface area (Å²) in [5.74, 6) is 2.39. The van der Waals surface area contributed by atoms with Crippen LogP contribution < -0.4 is 27.2 Å². The van der Waals surface area contributed by atoms with Gasteiger partial charge in [0.2, 0.25) is 0 Å². The Morgan fingerprint density at radius 1 is 1.22 bits per heavy atom. The van der Waals surface area contributed by atoms with Crippen LogP contribution in [0.3, 0.4) is 0 Å². The molecule has 2 aromatic carbocycles. The maximum Gasteiger partial charge on any atom is 0.183 e. The predicted octanol–water partition coefficient (Wildman–Crippen LogP) is 4.89. The number of aliphatic imine (C=N–C) groups is 1. The Balaban J connectivity index is 1.74. The van der Waals surface area contributed by atoms with E-state index in [0.29, 0.717) is 44.0 Å². The van der Waals surface area contributed by atoms with Gasteiger partial charge in [0.25, 0.3) is 0 Å². The molecule has 1 fully saturated rings. The van der Waals surface area contributed by atoms with Crippen molar-refractivity contribution in [2.75, 3.05) is 24.5 Å². The van der Waals surface area contributed by atoms with Crippen LogP contribution in [0.25, 0.3) is 11.1 Å². The molecule has 1 saturated heterocycles. The molecule has 1 aliphatic rings. The molecule has 1 heterocycles. The molecule has 0 aliphatic carbocycles. The molecule has 2 aromatic rings. The van der Waals surface area contributed by atoms with Gasteiger partial charge in [0.15, 0.2) is 11.6 Å². The molecule has 1 unspecified atom stereocenters. The van der Waals surface area contributed by atoms with Gasteiger partial charge in [0.1, 0.15) is 5.82 Å². The van der Waals surface area contributed by atoms with E-state index in [-0.39, 0.29) is 17.2 Å². The molecule has 0 spiro atoms. The van der Waals surface area contributed by atoms with Crippen molar-refractivity contribution in [3.63, 3.8) is 0 Å². The molecule has 3 rings (SSSR count). The van der Waals surface area contributed by atoms with Crippen LogP contribution in [0.2, 0.25) is 0 Å². The van der Waals surface area contributed by atoms with Crippen molar-refractivity contribution in [1.82, 2.24) is 10.7 Å². The third kappa shape index (κ3) is 6.81. The second kappa shape index (κ2) is 13.1. The smallest absolute Gasteiger partial charge is 0.183 e. The zero-order chi connectivity index (χ0) is 26.9. The topological polar surface area (TPSA) is 91.7 Å². The van der Waals surface area contributed by atoms with Crippen LogP contribution in [-0.4, -0.2) is 25.3 Å². The first-order valence-electron chi connectivity index (χ1n) is 12.3. The molecule has 9 heteroatoms. The number of nitrogens with one attached hydrogen (secondary N) is 2. The highest BCUT2D eigenvalue weighted by molar-refractivity contribution is 5.94. The van der Waals surface area contributed by atoms with Gasteiger partial charge in [-0.05, 0) is 49.3 Å². The molecule has 0 aromatic heterocycles. The third-order valence-corrected chi connectivity index (χ3v) is 6.46. The fourth-order valence-electron chi connectivity index (χ4n) is 4.49. The van der Waals surface area contributed by atoms with Gasteiger partial charge >= 0.3 is 0 Å². The minimum atomic E-state index is -1.21. The molecule has 1 atom stereocenters. The van der Waals surface area contributed by atoms with Crippen LogP contribution in [0, 0.1) is 23.4 Å². The lowest BCUT2D eigenvalue weighted by Gasteiger charge is -2.22. The van der Waals surface area contributed by atoms with Crippen molar-refractivity contribution in [2.24, 2.45) is 22.5 Å². The highest BCUT2D eigenvalue weighted by Crippen LogP contribution is 2.39. The number of benzene rings is 2. The van der Waals surface area contributed by atoms with Crippen LogP contribution in [0.4, 0.5) is 18.9 Å². The molecule has 37 heavy (non-hydrogen) atoms. The Hall–Kier alpha value is -3.56. The van der Waals surface area contributed by atoms with E-state index in [9.17, 15) is 0 Å². The molecule has 6 N–H and O–H groups in total. The van der Waals surface area contributed by atoms with Gasteiger partial charge in [-0.1, -0.05) is 37.4 Å². The predicted molar refractivity (Wildman–Crippen MR) is 145 cm³/mol. The monoisotopic (exact) mass is 512 g/mol. The molecule has 198 valence electrons. The standard InChI is InChI=1S/C28H35F3N6/c1-4-22(35-5-2)11-8-20-12-18(3)37(17-20)25-13-24(29)26(28(31)27(25)30)21-9-6-19(7-10-21)15-34-16-23(14-32)36-33/h4,6-7,9-10,13-14,20,34,36H,1,3,5,8,11-12,15-17,32-33H2,2H3/b23-14-,35-22?. The number of hydrogen-bond acceptors (Lipinski definition) is 6. The largest absolute Gasteiger partial charge is 0.403 e. The summed E-state index contributed by atoms with van der Waals surface area (Å²) in [5.41, 5.74) is 10.7. The Morgan fingerprint density at radius 2 is 1.95 bits per heavy atom. The van der Waals surface area contributed by atoms with Crippen molar-refractivity contribution < 1.29 is 13.2 Å². The Labute approximate surface area is 216 Å². The van der Waals surface area contributed by atoms with Gasteiger partial charge in [0.05, 0.1) is 16.9 Å². The number of nitrogens with two attached hydrogens (primary N) is 2. The van der Waals surface area contributed by atoms with E-state index in [4.69, 9.17) is 11.6 Å². The second-order valence-corrected chi connectivity index (χ2v) is 8.97. The van der Waals surface area contributed by atoms with Gasteiger partial charge in [-0.15, -0.1) is 0 Å². The van der Waals surface area contributed by atoms with Gasteiger partial charge in [-0.2, -0.15) is 0 Å². The maximum atomic E-state index is 15.2. The number of halogens is 3. The molecular weight excluding hydrogens is 477 g/mol. The first-order valence-corrected chi connectivity index (χ1v) is 12.3. The van der Waals surface area contributed by atoms with Gasteiger partial charge in [-0.3, -0.25) is 10.8 Å². The second-order valence-electron chi connectivity index (χ2n) is 8.97. The summed E-state index contributed by atoms with van der Waals surface area (Å²) in [6.45, 7) is 11.8. The van der Waals surface area contributed by atoms with Crippen LogP contribution in [-0.2, 0) is 6.54 Å². The molecule has 0 saturated carbocycles. The fourth-order valence-corrected chi connectivity index (χ4v) is 4.49. The fraction of sp³-hybridized carbons (Fsp3) is 0.321. The van der Waals surface area contributed by atoms with E-state index in [1.54, 1.807) is 35.2 Å². The molecule has 0 bridgehead atoms. The number of nitrogens with zero attached hydrogens (tertiary/aromatic N) is 2. The lowest BCUT2D eigenvalue weighted by molar-refractivity contribution is 0.497. The number of hydrogen-bond donors (Lipinski definition) is 4. The zero-order valence-electron chi connectivity index (χ0n) is 21.2. The van der Waals surface area contributed by atoms with Crippen LogP contribution in [0.15, 0.2) is 72.2 Å². The van der Waals surface area contributed by atoms with E-state index in [2.05, 4.69) is 28.9 Å². The lowest BCUT2D eigenvalue weighted by Crippen LogP contribution is -2.30. The Kier molecular flexibility index (Phi) is 9.93. The van der Waals surface area contributed by atoms with E-state index in [1.807, 2.05) is 6.92 Å². The number of anilines is 1. The third-order valence-electron chi connectivity index (χ3n) is 6.46. The average molecular weight is 513 g/mol. The number of hydrazine groups is 1. The van der Waals surface area contributed by atoms with Gasteiger partial charge < -0.3 is 21.4 Å². The summed E-state index contributed by atoms with van der Waals surface area (Å²) in [6.07, 6.45) is 5.27. The highest BCUT2D eigenvalue weighted by Gasteiger charge is 2.31. The molecule has 0 amide bonds. The van der Waals surface area contributed by atoms with Crippen molar-refractivity contribution in [2.45, 2.75) is 32.7 Å². The van der Waals surface area contributed by atoms with Crippen molar-refractivity contribution in [1.29, 1.82) is 0 Å². The normalized spacial score (nSPS) is 16.4. The molecule has 6 nitrogen and oxygen atoms in total. The summed E-state index contributed by atoms with van der Waals surface area (Å²) in [4.78, 5) is 5.97. The zero-order valence-corrected chi connectivity index (χ0v) is 21.2. The summed E-state index contributed by atoms with van der Waals surface area (Å²) in [5, 5.41) is 3.14. The van der Waals surface area contributed by atoms with Crippen molar-refractivity contribution in [3.05, 3.63) is 90.2 Å². The van der Waals surface area contributed by atoms with Crippen LogP contribution in [0.5, 0.6) is 0 Å². The van der Waals surface area contributed by atoms with Crippen LogP contribution >= 0.6 is 0 Å². The summed E-state index contributed by atoms with van der Waals surface area (Å²) < 4.78 is 45.6. The first kappa shape index (κ1) is 28.0. The lowest BCUT2D eigenvalue weighted by atomic mass is 10.00. The van der Waals surface area contributed by atoms with E-state index in [1.165, 1.54) is 6.20 Å². The molecule has 1 aliphatic heterocycles. The SMILES string of the molecule is C=CC(CCC1CC(=C)N(c2cc(F)c(-c3ccc(CNC/C(=C/N)NN)cc3)c(F)c2F)C1)=NCC. The van der Waals surface area contributed by atoms with Gasteiger partial charge in [-0.25, -0.2) is 13.2 Å².